The van der Waals surface area contributed by atoms with E-state index >= 15 is 0 Å². The average molecular weight is 376 g/mol. The summed E-state index contributed by atoms with van der Waals surface area (Å²) in [4.78, 5) is 35.4. The van der Waals surface area contributed by atoms with Crippen LogP contribution in [0, 0.1) is 5.82 Å². The molecule has 0 spiro atoms. The number of rotatable bonds is 6. The zero-order valence-electron chi connectivity index (χ0n) is 14.6. The number of amides is 3. The van der Waals surface area contributed by atoms with E-state index in [2.05, 4.69) is 5.32 Å². The lowest BCUT2D eigenvalue weighted by atomic mass is 10.2. The summed E-state index contributed by atoms with van der Waals surface area (Å²) in [5.74, 6) is -1.60. The molecule has 0 atom stereocenters. The third kappa shape index (κ3) is 5.70. The highest BCUT2D eigenvalue weighted by Crippen LogP contribution is 2.22. The van der Waals surface area contributed by atoms with Crippen molar-refractivity contribution in [3.8, 4) is 11.5 Å². The Balaban J connectivity index is 1.88. The number of anilines is 1. The van der Waals surface area contributed by atoms with Crippen molar-refractivity contribution in [1.29, 1.82) is 0 Å². The molecule has 0 fully saturated rings. The van der Waals surface area contributed by atoms with E-state index in [4.69, 9.17) is 14.2 Å². The highest BCUT2D eigenvalue weighted by molar-refractivity contribution is 6.02. The standard InChI is InChI=1S/C18H17FN2O6/c1-25-12-7-11(8-13(9-12)26-2)17(23)27-10-16(22)21-18(24)20-15-6-4-3-5-14(15)19/h3-9H,10H2,1-2H3,(H2,20,21,22,24). The fourth-order valence-electron chi connectivity index (χ4n) is 2.02. The number of urea groups is 1. The molecule has 2 aromatic carbocycles. The van der Waals surface area contributed by atoms with E-state index in [0.717, 1.165) is 6.07 Å². The van der Waals surface area contributed by atoms with Gasteiger partial charge in [-0.3, -0.25) is 10.1 Å². The molecule has 2 N–H and O–H groups in total. The number of hydrogen-bond donors (Lipinski definition) is 2. The maximum Gasteiger partial charge on any atom is 0.338 e. The molecular weight excluding hydrogens is 359 g/mol. The fraction of sp³-hybridized carbons (Fsp3) is 0.167. The van der Waals surface area contributed by atoms with Crippen molar-refractivity contribution in [2.45, 2.75) is 0 Å². The zero-order valence-corrected chi connectivity index (χ0v) is 14.6. The number of methoxy groups -OCH3 is 2. The summed E-state index contributed by atoms with van der Waals surface area (Å²) < 4.78 is 28.4. The van der Waals surface area contributed by atoms with Gasteiger partial charge in [0.05, 0.1) is 25.5 Å². The second kappa shape index (κ2) is 9.18. The summed E-state index contributed by atoms with van der Waals surface area (Å²) in [6.07, 6.45) is 0. The van der Waals surface area contributed by atoms with Gasteiger partial charge in [0, 0.05) is 6.07 Å². The monoisotopic (exact) mass is 376 g/mol. The number of halogens is 1. The number of benzene rings is 2. The normalized spacial score (nSPS) is 9.89. The van der Waals surface area contributed by atoms with Crippen LogP contribution in [0.4, 0.5) is 14.9 Å². The second-order valence-electron chi connectivity index (χ2n) is 5.16. The molecule has 0 heterocycles. The maximum atomic E-state index is 13.4. The van der Waals surface area contributed by atoms with Crippen LogP contribution in [-0.2, 0) is 9.53 Å². The molecule has 2 rings (SSSR count). The Bertz CT molecular complexity index is 833. The highest BCUT2D eigenvalue weighted by atomic mass is 19.1. The van der Waals surface area contributed by atoms with E-state index < -0.39 is 30.3 Å². The Kier molecular flexibility index (Phi) is 6.70. The quantitative estimate of drug-likeness (QED) is 0.750. The number of para-hydroxylation sites is 1. The number of esters is 1. The van der Waals surface area contributed by atoms with Gasteiger partial charge in [0.25, 0.3) is 5.91 Å². The van der Waals surface area contributed by atoms with Gasteiger partial charge in [-0.15, -0.1) is 0 Å². The second-order valence-corrected chi connectivity index (χ2v) is 5.16. The van der Waals surface area contributed by atoms with Crippen molar-refractivity contribution < 1.29 is 33.0 Å². The first-order valence-corrected chi connectivity index (χ1v) is 7.68. The molecular formula is C18H17FN2O6. The molecule has 0 aromatic heterocycles. The summed E-state index contributed by atoms with van der Waals surface area (Å²) in [7, 11) is 2.84. The molecule has 0 saturated heterocycles. The SMILES string of the molecule is COc1cc(OC)cc(C(=O)OCC(=O)NC(=O)Nc2ccccc2F)c1. The minimum atomic E-state index is -0.954. The Hall–Kier alpha value is -3.62. The maximum absolute atomic E-state index is 13.4. The lowest BCUT2D eigenvalue weighted by Crippen LogP contribution is -2.37. The van der Waals surface area contributed by atoms with Crippen molar-refractivity contribution in [3.05, 3.63) is 53.8 Å². The molecule has 0 aliphatic carbocycles. The predicted molar refractivity (Wildman–Crippen MR) is 93.4 cm³/mol. The molecule has 0 saturated carbocycles. The first-order valence-electron chi connectivity index (χ1n) is 7.68. The van der Waals surface area contributed by atoms with Crippen molar-refractivity contribution in [3.63, 3.8) is 0 Å². The third-order valence-corrected chi connectivity index (χ3v) is 3.30. The minimum absolute atomic E-state index is 0.0942. The molecule has 0 unspecified atom stereocenters. The van der Waals surface area contributed by atoms with Crippen LogP contribution in [-0.4, -0.2) is 38.7 Å². The van der Waals surface area contributed by atoms with Gasteiger partial charge in [-0.2, -0.15) is 0 Å². The van der Waals surface area contributed by atoms with Gasteiger partial charge < -0.3 is 19.5 Å². The minimum Gasteiger partial charge on any atom is -0.497 e. The average Bonchev–Trinajstić information content (AvgIpc) is 2.67. The predicted octanol–water partition coefficient (Wildman–Crippen LogP) is 2.35. The van der Waals surface area contributed by atoms with Gasteiger partial charge in [-0.25, -0.2) is 14.0 Å². The van der Waals surface area contributed by atoms with Crippen LogP contribution in [0.1, 0.15) is 10.4 Å². The van der Waals surface area contributed by atoms with Crippen LogP contribution in [0.25, 0.3) is 0 Å². The summed E-state index contributed by atoms with van der Waals surface area (Å²) in [6, 6.07) is 8.89. The van der Waals surface area contributed by atoms with Crippen LogP contribution in [0.2, 0.25) is 0 Å². The summed E-state index contributed by atoms with van der Waals surface area (Å²) in [5, 5.41) is 4.10. The van der Waals surface area contributed by atoms with Crippen LogP contribution in [0.15, 0.2) is 42.5 Å². The lowest BCUT2D eigenvalue weighted by Gasteiger charge is -2.09. The molecule has 0 bridgehead atoms. The van der Waals surface area contributed by atoms with Gasteiger partial charge in [-0.05, 0) is 24.3 Å². The molecule has 0 aliphatic rings. The Labute approximate surface area is 154 Å². The van der Waals surface area contributed by atoms with E-state index in [0.29, 0.717) is 11.5 Å². The highest BCUT2D eigenvalue weighted by Gasteiger charge is 2.15. The Morgan fingerprint density at radius 3 is 2.22 bits per heavy atom. The molecule has 8 nitrogen and oxygen atoms in total. The number of hydrogen-bond acceptors (Lipinski definition) is 6. The van der Waals surface area contributed by atoms with Crippen molar-refractivity contribution in [1.82, 2.24) is 5.32 Å². The van der Waals surface area contributed by atoms with Gasteiger partial charge in [0.2, 0.25) is 0 Å². The smallest absolute Gasteiger partial charge is 0.338 e. The number of carbonyl (C=O) groups is 3. The van der Waals surface area contributed by atoms with E-state index in [1.54, 1.807) is 6.07 Å². The summed E-state index contributed by atoms with van der Waals surface area (Å²) >= 11 is 0. The van der Waals surface area contributed by atoms with Crippen LogP contribution in [0.5, 0.6) is 11.5 Å². The topological polar surface area (TPSA) is 103 Å². The first kappa shape index (κ1) is 19.7. The fourth-order valence-corrected chi connectivity index (χ4v) is 2.02. The molecule has 142 valence electrons. The lowest BCUT2D eigenvalue weighted by molar-refractivity contribution is -0.123. The number of nitrogens with one attached hydrogen (secondary N) is 2. The van der Waals surface area contributed by atoms with Gasteiger partial charge >= 0.3 is 12.0 Å². The summed E-state index contributed by atoms with van der Waals surface area (Å²) in [5.41, 5.74) is 0.0121. The Morgan fingerprint density at radius 1 is 1.00 bits per heavy atom. The van der Waals surface area contributed by atoms with Crippen molar-refractivity contribution in [2.24, 2.45) is 0 Å². The van der Waals surface area contributed by atoms with Crippen molar-refractivity contribution >= 4 is 23.6 Å². The molecule has 9 heteroatoms. The molecule has 0 radical (unpaired) electrons. The molecule has 27 heavy (non-hydrogen) atoms. The summed E-state index contributed by atoms with van der Waals surface area (Å²) in [6.45, 7) is -0.705. The Morgan fingerprint density at radius 2 is 1.63 bits per heavy atom. The van der Waals surface area contributed by atoms with E-state index in [9.17, 15) is 18.8 Å². The van der Waals surface area contributed by atoms with Gasteiger partial charge in [0.15, 0.2) is 6.61 Å². The van der Waals surface area contributed by atoms with Gasteiger partial charge in [-0.1, -0.05) is 12.1 Å². The number of carbonyl (C=O) groups excluding carboxylic acids is 3. The molecule has 3 amide bonds. The first-order chi connectivity index (χ1) is 12.9. The van der Waals surface area contributed by atoms with Gasteiger partial charge in [0.1, 0.15) is 17.3 Å². The number of imide groups is 1. The van der Waals surface area contributed by atoms with E-state index in [-0.39, 0.29) is 11.3 Å². The van der Waals surface area contributed by atoms with Crippen LogP contribution >= 0.6 is 0 Å². The van der Waals surface area contributed by atoms with Crippen LogP contribution < -0.4 is 20.1 Å². The molecule has 2 aromatic rings. The zero-order chi connectivity index (χ0) is 19.8. The molecule has 0 aliphatic heterocycles. The van der Waals surface area contributed by atoms with E-state index in [1.165, 1.54) is 44.6 Å². The van der Waals surface area contributed by atoms with E-state index in [1.807, 2.05) is 5.32 Å². The third-order valence-electron chi connectivity index (χ3n) is 3.30. The number of ether oxygens (including phenoxy) is 3. The van der Waals surface area contributed by atoms with Crippen LogP contribution in [0.3, 0.4) is 0 Å². The largest absolute Gasteiger partial charge is 0.497 e. The van der Waals surface area contributed by atoms with Crippen molar-refractivity contribution in [2.75, 3.05) is 26.1 Å².